The molecule has 0 amide bonds. The minimum Gasteiger partial charge on any atom is -0.462 e. The number of carbonyl (C=O) groups excluding carboxylic acids is 2. The van der Waals surface area contributed by atoms with E-state index < -0.39 is 26.5 Å². The molecule has 0 fully saturated rings. The molecule has 0 bridgehead atoms. The standard InChI is InChI=1S/C83H144NO8P/c1-3-5-7-9-11-13-15-17-19-21-23-25-27-29-31-33-35-36-37-38-39-40-41-42-43-44-46-48-50-52-54-56-58-60-62-64-66-68-70-72-74-76-83(86)92-81(80-91-93(87,88)90-78-77-84)79-89-82(85)75-73-71-69-67-65-63-61-59-57-55-53-51-49-47-45-34-32-30-28-26-24-22-20-18-16-14-12-10-8-6-4-2/h5,7,11,13,17,19,23,25,29,31,35-36,38-39,41-42,44,46,50,52,56,58,81H,3-4,6,8-10,12,14-16,18,20-22,24,26-28,30,32-34,37,40,43,45,47-49,51,53-55,57,59-80,84H2,1-2H3,(H,87,88)/b7-5-,13-11-,19-17-,25-23-,31-29-,36-35-,39-38-,42-41-,46-44-,52-50-,58-56-. The molecule has 0 aromatic carbocycles. The molecule has 0 aromatic rings. The number of nitrogens with two attached hydrogens (primary N) is 1. The molecular weight excluding hydrogens is 1170 g/mol. The zero-order chi connectivity index (χ0) is 67.2. The van der Waals surface area contributed by atoms with Gasteiger partial charge in [-0.05, 0) is 96.3 Å². The summed E-state index contributed by atoms with van der Waals surface area (Å²) in [6, 6.07) is 0. The molecule has 0 aliphatic carbocycles. The molecule has 2 unspecified atom stereocenters. The summed E-state index contributed by atoms with van der Waals surface area (Å²) in [5.74, 6) is -0.834. The van der Waals surface area contributed by atoms with Crippen LogP contribution in [0.15, 0.2) is 134 Å². The molecule has 0 radical (unpaired) electrons. The number of carbonyl (C=O) groups is 2. The van der Waals surface area contributed by atoms with E-state index in [4.69, 9.17) is 24.3 Å². The first-order valence-electron chi connectivity index (χ1n) is 38.7. The van der Waals surface area contributed by atoms with Gasteiger partial charge in [0.2, 0.25) is 0 Å². The van der Waals surface area contributed by atoms with Crippen molar-refractivity contribution in [3.63, 3.8) is 0 Å². The maximum atomic E-state index is 12.8. The second-order valence-electron chi connectivity index (χ2n) is 25.5. The van der Waals surface area contributed by atoms with Crippen molar-refractivity contribution in [1.29, 1.82) is 0 Å². The Kier molecular flexibility index (Phi) is 74.0. The van der Waals surface area contributed by atoms with Gasteiger partial charge >= 0.3 is 19.8 Å². The number of hydrogen-bond acceptors (Lipinski definition) is 8. The Morgan fingerprint density at radius 2 is 0.591 bits per heavy atom. The number of ether oxygens (including phenoxy) is 2. The number of phosphoric acid groups is 1. The summed E-state index contributed by atoms with van der Waals surface area (Å²) in [6.07, 6.45) is 110. The first-order valence-corrected chi connectivity index (χ1v) is 40.2. The fourth-order valence-corrected chi connectivity index (χ4v) is 11.6. The molecule has 93 heavy (non-hydrogen) atoms. The lowest BCUT2D eigenvalue weighted by Crippen LogP contribution is -2.29. The van der Waals surface area contributed by atoms with Gasteiger partial charge in [-0.1, -0.05) is 372 Å². The van der Waals surface area contributed by atoms with Crippen LogP contribution >= 0.6 is 7.82 Å². The van der Waals surface area contributed by atoms with E-state index in [0.29, 0.717) is 6.42 Å². The van der Waals surface area contributed by atoms with E-state index in [0.717, 1.165) is 116 Å². The molecule has 3 N–H and O–H groups in total. The Hall–Kier alpha value is -3.85. The number of esters is 2. The quantitative estimate of drug-likeness (QED) is 0.0264. The van der Waals surface area contributed by atoms with Crippen LogP contribution in [0, 0.1) is 0 Å². The van der Waals surface area contributed by atoms with Crippen molar-refractivity contribution in [2.45, 2.75) is 354 Å². The summed E-state index contributed by atoms with van der Waals surface area (Å²) < 4.78 is 33.2. The fraction of sp³-hybridized carbons (Fsp3) is 0.711. The molecule has 10 heteroatoms. The van der Waals surface area contributed by atoms with Crippen molar-refractivity contribution in [3.8, 4) is 0 Å². The number of allylic oxidation sites excluding steroid dienone is 22. The summed E-state index contributed by atoms with van der Waals surface area (Å²) in [6.45, 7) is 3.66. The van der Waals surface area contributed by atoms with Crippen LogP contribution in [0.2, 0.25) is 0 Å². The highest BCUT2D eigenvalue weighted by Crippen LogP contribution is 2.43. The molecule has 0 heterocycles. The number of unbranched alkanes of at least 4 members (excludes halogenated alkanes) is 37. The topological polar surface area (TPSA) is 134 Å². The van der Waals surface area contributed by atoms with Crippen molar-refractivity contribution < 1.29 is 37.6 Å². The van der Waals surface area contributed by atoms with Crippen LogP contribution in [0.4, 0.5) is 0 Å². The summed E-state index contributed by atoms with van der Waals surface area (Å²) in [5, 5.41) is 0. The summed E-state index contributed by atoms with van der Waals surface area (Å²) in [4.78, 5) is 35.4. The third-order valence-corrected chi connectivity index (χ3v) is 17.5. The van der Waals surface area contributed by atoms with E-state index in [1.165, 1.54) is 199 Å². The molecule has 0 aliphatic heterocycles. The minimum atomic E-state index is -4.41. The average molecular weight is 1320 g/mol. The average Bonchev–Trinajstić information content (AvgIpc) is 3.49. The van der Waals surface area contributed by atoms with Crippen molar-refractivity contribution >= 4 is 19.8 Å². The summed E-state index contributed by atoms with van der Waals surface area (Å²) >= 11 is 0. The Balaban J connectivity index is 3.91. The maximum absolute atomic E-state index is 12.8. The first kappa shape index (κ1) is 89.2. The van der Waals surface area contributed by atoms with Crippen molar-refractivity contribution in [2.24, 2.45) is 5.73 Å². The predicted octanol–water partition coefficient (Wildman–Crippen LogP) is 26.0. The SMILES string of the molecule is CC/C=C\C/C=C\C/C=C\C/C=C\C/C=C\C/C=C\C/C=C\C/C=C\C/C=C\C/C=C\C/C=C\CCCCCCCCCC(=O)OC(COC(=O)CCCCCCCCCCCCCCCCCCCCCCCCCCCCCCCCC)COP(=O)(O)OCCN. The Labute approximate surface area is 574 Å². The van der Waals surface area contributed by atoms with E-state index in [9.17, 15) is 19.0 Å². The van der Waals surface area contributed by atoms with Gasteiger partial charge in [-0.25, -0.2) is 4.57 Å². The van der Waals surface area contributed by atoms with Crippen LogP contribution in [0.3, 0.4) is 0 Å². The van der Waals surface area contributed by atoms with Crippen LogP contribution in [0.25, 0.3) is 0 Å². The minimum absolute atomic E-state index is 0.0471. The molecular formula is C83H144NO8P. The monoisotopic (exact) mass is 1310 g/mol. The van der Waals surface area contributed by atoms with Crippen LogP contribution in [0.5, 0.6) is 0 Å². The third-order valence-electron chi connectivity index (χ3n) is 16.6. The molecule has 0 aromatic heterocycles. The number of rotatable bonds is 72. The van der Waals surface area contributed by atoms with E-state index in [1.54, 1.807) is 0 Å². The van der Waals surface area contributed by atoms with Gasteiger partial charge in [0.05, 0.1) is 13.2 Å². The molecule has 0 saturated carbocycles. The van der Waals surface area contributed by atoms with E-state index >= 15 is 0 Å². The highest BCUT2D eigenvalue weighted by Gasteiger charge is 2.26. The van der Waals surface area contributed by atoms with Crippen LogP contribution in [-0.2, 0) is 32.7 Å². The molecule has 534 valence electrons. The smallest absolute Gasteiger partial charge is 0.462 e. The number of phosphoric ester groups is 1. The van der Waals surface area contributed by atoms with Crippen LogP contribution in [-0.4, -0.2) is 49.3 Å². The van der Waals surface area contributed by atoms with Crippen molar-refractivity contribution in [2.75, 3.05) is 26.4 Å². The summed E-state index contributed by atoms with van der Waals surface area (Å²) in [7, 11) is -4.41. The van der Waals surface area contributed by atoms with E-state index in [2.05, 4.69) is 148 Å². The predicted molar refractivity (Wildman–Crippen MR) is 404 cm³/mol. The van der Waals surface area contributed by atoms with Gasteiger partial charge in [-0.3, -0.25) is 18.6 Å². The van der Waals surface area contributed by atoms with Gasteiger partial charge in [0.25, 0.3) is 0 Å². The van der Waals surface area contributed by atoms with Gasteiger partial charge in [-0.15, -0.1) is 0 Å². The fourth-order valence-electron chi connectivity index (χ4n) is 10.9. The lowest BCUT2D eigenvalue weighted by molar-refractivity contribution is -0.161. The lowest BCUT2D eigenvalue weighted by Gasteiger charge is -2.19. The molecule has 0 aliphatic rings. The third kappa shape index (κ3) is 77.0. The molecule has 2 atom stereocenters. The van der Waals surface area contributed by atoms with Crippen molar-refractivity contribution in [1.82, 2.24) is 0 Å². The Bertz CT molecular complexity index is 1990. The normalized spacial score (nSPS) is 13.6. The Morgan fingerprint density at radius 3 is 0.882 bits per heavy atom. The van der Waals surface area contributed by atoms with Gasteiger partial charge in [0, 0.05) is 19.4 Å². The van der Waals surface area contributed by atoms with Gasteiger partial charge < -0.3 is 20.1 Å². The number of hydrogen-bond donors (Lipinski definition) is 2. The first-order chi connectivity index (χ1) is 45.8. The van der Waals surface area contributed by atoms with E-state index in [-0.39, 0.29) is 38.6 Å². The van der Waals surface area contributed by atoms with Crippen LogP contribution < -0.4 is 5.73 Å². The maximum Gasteiger partial charge on any atom is 0.472 e. The second kappa shape index (κ2) is 77.2. The summed E-state index contributed by atoms with van der Waals surface area (Å²) in [5.41, 5.74) is 5.41. The van der Waals surface area contributed by atoms with Gasteiger partial charge in [0.15, 0.2) is 6.10 Å². The zero-order valence-corrected chi connectivity index (χ0v) is 61.1. The zero-order valence-electron chi connectivity index (χ0n) is 60.2. The molecule has 0 rings (SSSR count). The second-order valence-corrected chi connectivity index (χ2v) is 27.0. The van der Waals surface area contributed by atoms with Crippen molar-refractivity contribution in [3.05, 3.63) is 134 Å². The largest absolute Gasteiger partial charge is 0.472 e. The molecule has 0 saturated heterocycles. The molecule has 0 spiro atoms. The molecule has 9 nitrogen and oxygen atoms in total. The highest BCUT2D eigenvalue weighted by molar-refractivity contribution is 7.47. The Morgan fingerprint density at radius 1 is 0.333 bits per heavy atom. The lowest BCUT2D eigenvalue weighted by atomic mass is 10.0. The van der Waals surface area contributed by atoms with E-state index in [1.807, 2.05) is 0 Å². The van der Waals surface area contributed by atoms with Gasteiger partial charge in [0.1, 0.15) is 6.61 Å². The van der Waals surface area contributed by atoms with Gasteiger partial charge in [-0.2, -0.15) is 0 Å². The highest BCUT2D eigenvalue weighted by atomic mass is 31.2. The van der Waals surface area contributed by atoms with Crippen LogP contribution in [0.1, 0.15) is 348 Å².